The van der Waals surface area contributed by atoms with E-state index in [1.165, 1.54) is 0 Å². The summed E-state index contributed by atoms with van der Waals surface area (Å²) in [5, 5.41) is 10.8. The molecule has 0 aliphatic heterocycles. The molecular formula is C13H15ClN2O4. The Hall–Kier alpha value is -1.69. The normalized spacial score (nSPS) is 15.8. The van der Waals surface area contributed by atoms with Crippen molar-refractivity contribution in [1.29, 1.82) is 0 Å². The molecule has 108 valence electrons. The summed E-state index contributed by atoms with van der Waals surface area (Å²) in [5.41, 5.74) is 0.660. The second-order valence-corrected chi connectivity index (χ2v) is 5.20. The van der Waals surface area contributed by atoms with E-state index in [1.807, 2.05) is 6.92 Å². The number of carbonyl (C=O) groups is 1. The molecule has 2 rings (SSSR count). The highest BCUT2D eigenvalue weighted by molar-refractivity contribution is 6.33. The molecular weight excluding hydrogens is 284 g/mol. The van der Waals surface area contributed by atoms with Crippen molar-refractivity contribution in [2.75, 3.05) is 0 Å². The molecule has 1 heterocycles. The summed E-state index contributed by atoms with van der Waals surface area (Å²) < 4.78 is 5.29. The Morgan fingerprint density at radius 2 is 2.30 bits per heavy atom. The summed E-state index contributed by atoms with van der Waals surface area (Å²) in [5.74, 6) is -0.871. The molecule has 0 bridgehead atoms. The van der Waals surface area contributed by atoms with Gasteiger partial charge in [-0.1, -0.05) is 18.5 Å². The van der Waals surface area contributed by atoms with Gasteiger partial charge >= 0.3 is 11.7 Å². The third-order valence-electron chi connectivity index (χ3n) is 3.29. The zero-order valence-corrected chi connectivity index (χ0v) is 12.0. The molecule has 1 aromatic heterocycles. The third kappa shape index (κ3) is 2.90. The Bertz CT molecular complexity index is 558. The van der Waals surface area contributed by atoms with Crippen LogP contribution in [0.3, 0.4) is 0 Å². The quantitative estimate of drug-likeness (QED) is 0.474. The molecule has 0 N–H and O–H groups in total. The van der Waals surface area contributed by atoms with Gasteiger partial charge < -0.3 is 4.74 Å². The third-order valence-corrected chi connectivity index (χ3v) is 3.77. The van der Waals surface area contributed by atoms with Gasteiger partial charge in [0.15, 0.2) is 0 Å². The first kappa shape index (κ1) is 14.7. The van der Waals surface area contributed by atoms with E-state index in [2.05, 4.69) is 4.98 Å². The predicted octanol–water partition coefficient (Wildman–Crippen LogP) is 3.15. The minimum atomic E-state index is -0.588. The van der Waals surface area contributed by atoms with Crippen molar-refractivity contribution in [3.63, 3.8) is 0 Å². The molecule has 1 saturated carbocycles. The Labute approximate surface area is 121 Å². The number of esters is 1. The zero-order chi connectivity index (χ0) is 14.9. The molecule has 0 spiro atoms. The number of pyridine rings is 1. The largest absolute Gasteiger partial charge is 0.462 e. The van der Waals surface area contributed by atoms with Gasteiger partial charge in [0.1, 0.15) is 17.3 Å². The van der Waals surface area contributed by atoms with Gasteiger partial charge in [-0.25, -0.2) is 0 Å². The van der Waals surface area contributed by atoms with Crippen LogP contribution >= 0.6 is 11.6 Å². The van der Waals surface area contributed by atoms with E-state index >= 15 is 0 Å². The van der Waals surface area contributed by atoms with Gasteiger partial charge in [-0.2, -0.15) is 0 Å². The average molecular weight is 299 g/mol. The molecule has 1 aromatic rings. The van der Waals surface area contributed by atoms with Gasteiger partial charge in [-0.15, -0.1) is 0 Å². The molecule has 0 saturated heterocycles. The summed E-state index contributed by atoms with van der Waals surface area (Å²) in [7, 11) is 0. The summed E-state index contributed by atoms with van der Waals surface area (Å²) in [6.45, 7) is 3.47. The summed E-state index contributed by atoms with van der Waals surface area (Å²) in [6.07, 6.45) is 3.42. The van der Waals surface area contributed by atoms with Crippen LogP contribution in [0.2, 0.25) is 5.02 Å². The van der Waals surface area contributed by atoms with Gasteiger partial charge in [-0.3, -0.25) is 19.9 Å². The van der Waals surface area contributed by atoms with Crippen molar-refractivity contribution in [2.24, 2.45) is 0 Å². The Morgan fingerprint density at radius 3 is 2.80 bits per heavy atom. The maximum atomic E-state index is 12.1. The smallest absolute Gasteiger partial charge is 0.315 e. The SMILES string of the molecule is CCC(C(=O)OC1CC1)c1ncc([N+](=O)[O-])c(Cl)c1C. The van der Waals surface area contributed by atoms with Crippen LogP contribution in [-0.4, -0.2) is 22.0 Å². The molecule has 0 aromatic carbocycles. The highest BCUT2D eigenvalue weighted by Crippen LogP contribution is 2.34. The number of halogens is 1. The van der Waals surface area contributed by atoms with Crippen molar-refractivity contribution < 1.29 is 14.5 Å². The minimum Gasteiger partial charge on any atom is -0.462 e. The van der Waals surface area contributed by atoms with E-state index in [0.717, 1.165) is 19.0 Å². The summed E-state index contributed by atoms with van der Waals surface area (Å²) in [4.78, 5) is 26.3. The molecule has 7 heteroatoms. The van der Waals surface area contributed by atoms with E-state index in [9.17, 15) is 14.9 Å². The number of hydrogen-bond donors (Lipinski definition) is 0. The molecule has 20 heavy (non-hydrogen) atoms. The first-order valence-electron chi connectivity index (χ1n) is 6.45. The van der Waals surface area contributed by atoms with Crippen LogP contribution in [0.5, 0.6) is 0 Å². The number of carbonyl (C=O) groups excluding carboxylic acids is 1. The molecule has 1 fully saturated rings. The van der Waals surface area contributed by atoms with Gasteiger partial charge in [0, 0.05) is 0 Å². The monoisotopic (exact) mass is 298 g/mol. The van der Waals surface area contributed by atoms with Gasteiger partial charge in [0.05, 0.1) is 16.5 Å². The maximum absolute atomic E-state index is 12.1. The van der Waals surface area contributed by atoms with Crippen molar-refractivity contribution in [3.05, 3.63) is 32.6 Å². The number of hydrogen-bond acceptors (Lipinski definition) is 5. The molecule has 0 radical (unpaired) electrons. The van der Waals surface area contributed by atoms with E-state index < -0.39 is 10.8 Å². The summed E-state index contributed by atoms with van der Waals surface area (Å²) in [6, 6.07) is 0. The van der Waals surface area contributed by atoms with Crippen molar-refractivity contribution in [2.45, 2.75) is 45.1 Å². The topological polar surface area (TPSA) is 82.3 Å². The van der Waals surface area contributed by atoms with E-state index in [4.69, 9.17) is 16.3 Å². The lowest BCUT2D eigenvalue weighted by Crippen LogP contribution is -2.19. The highest BCUT2D eigenvalue weighted by atomic mass is 35.5. The highest BCUT2D eigenvalue weighted by Gasteiger charge is 2.32. The van der Waals surface area contributed by atoms with Crippen molar-refractivity contribution >= 4 is 23.3 Å². The second-order valence-electron chi connectivity index (χ2n) is 4.82. The van der Waals surface area contributed by atoms with Crippen LogP contribution in [0, 0.1) is 17.0 Å². The lowest BCUT2D eigenvalue weighted by atomic mass is 9.98. The van der Waals surface area contributed by atoms with Crippen LogP contribution in [0.4, 0.5) is 5.69 Å². The maximum Gasteiger partial charge on any atom is 0.315 e. The summed E-state index contributed by atoms with van der Waals surface area (Å²) >= 11 is 5.98. The van der Waals surface area contributed by atoms with E-state index in [0.29, 0.717) is 17.7 Å². The molecule has 1 atom stereocenters. The van der Waals surface area contributed by atoms with Crippen LogP contribution in [-0.2, 0) is 9.53 Å². The minimum absolute atomic E-state index is 0.0189. The van der Waals surface area contributed by atoms with Crippen LogP contribution < -0.4 is 0 Å². The van der Waals surface area contributed by atoms with Crippen LogP contribution in [0.15, 0.2) is 6.20 Å². The van der Waals surface area contributed by atoms with Gasteiger partial charge in [0.2, 0.25) is 0 Å². The lowest BCUT2D eigenvalue weighted by Gasteiger charge is -2.16. The number of ether oxygens (including phenoxy) is 1. The zero-order valence-electron chi connectivity index (χ0n) is 11.3. The molecule has 0 amide bonds. The number of aromatic nitrogens is 1. The fourth-order valence-electron chi connectivity index (χ4n) is 1.97. The lowest BCUT2D eigenvalue weighted by molar-refractivity contribution is -0.385. The predicted molar refractivity (Wildman–Crippen MR) is 72.8 cm³/mol. The average Bonchev–Trinajstić information content (AvgIpc) is 3.18. The number of rotatable bonds is 5. The van der Waals surface area contributed by atoms with E-state index in [-0.39, 0.29) is 22.8 Å². The first-order valence-corrected chi connectivity index (χ1v) is 6.83. The standard InChI is InChI=1S/C13H15ClN2O4/c1-3-9(13(17)20-8-4-5-8)12-7(2)11(14)10(6-15-12)16(18)19/h6,8-9H,3-5H2,1-2H3. The van der Waals surface area contributed by atoms with E-state index in [1.54, 1.807) is 6.92 Å². The van der Waals surface area contributed by atoms with Crippen molar-refractivity contribution in [1.82, 2.24) is 4.98 Å². The molecule has 1 aliphatic carbocycles. The number of nitrogens with zero attached hydrogens (tertiary/aromatic N) is 2. The number of nitro groups is 1. The van der Waals surface area contributed by atoms with Crippen LogP contribution in [0.25, 0.3) is 0 Å². The molecule has 1 unspecified atom stereocenters. The van der Waals surface area contributed by atoms with Gasteiger partial charge in [0.25, 0.3) is 0 Å². The molecule has 6 nitrogen and oxygen atoms in total. The second kappa shape index (κ2) is 5.75. The fourth-order valence-corrected chi connectivity index (χ4v) is 2.19. The Kier molecular flexibility index (Phi) is 4.23. The Balaban J connectivity index is 2.31. The van der Waals surface area contributed by atoms with Gasteiger partial charge in [-0.05, 0) is 31.7 Å². The molecule has 1 aliphatic rings. The first-order chi connectivity index (χ1) is 9.45. The van der Waals surface area contributed by atoms with Crippen molar-refractivity contribution in [3.8, 4) is 0 Å². The Morgan fingerprint density at radius 1 is 1.65 bits per heavy atom. The fraction of sp³-hybridized carbons (Fsp3) is 0.538. The van der Waals surface area contributed by atoms with Crippen LogP contribution in [0.1, 0.15) is 43.4 Å².